The molecule has 1 amide bonds. The van der Waals surface area contributed by atoms with Crippen LogP contribution in [-0.4, -0.2) is 29.0 Å². The summed E-state index contributed by atoms with van der Waals surface area (Å²) in [6.45, 7) is 7.11. The normalized spacial score (nSPS) is 12.7. The van der Waals surface area contributed by atoms with Gasteiger partial charge in [0.25, 0.3) is 5.91 Å². The van der Waals surface area contributed by atoms with Gasteiger partial charge in [-0.15, -0.1) is 11.3 Å². The fraction of sp³-hybridized carbons (Fsp3) is 0.400. The van der Waals surface area contributed by atoms with Crippen LogP contribution in [0.2, 0.25) is 0 Å². The van der Waals surface area contributed by atoms with Gasteiger partial charge in [-0.25, -0.2) is 9.78 Å². The lowest BCUT2D eigenvalue weighted by molar-refractivity contribution is -0.125. The van der Waals surface area contributed by atoms with Crippen LogP contribution < -0.4 is 10.1 Å². The van der Waals surface area contributed by atoms with E-state index in [-0.39, 0.29) is 5.92 Å². The van der Waals surface area contributed by atoms with E-state index in [4.69, 9.17) is 9.47 Å². The molecule has 7 nitrogen and oxygen atoms in total. The zero-order chi connectivity index (χ0) is 20.7. The van der Waals surface area contributed by atoms with Crippen LogP contribution in [-0.2, 0) is 16.1 Å². The maximum absolute atomic E-state index is 12.1. The molecule has 1 atom stereocenters. The third-order valence-corrected chi connectivity index (χ3v) is 5.09. The van der Waals surface area contributed by atoms with E-state index in [0.717, 1.165) is 10.7 Å². The van der Waals surface area contributed by atoms with E-state index in [1.807, 2.05) is 26.2 Å². The van der Waals surface area contributed by atoms with Gasteiger partial charge in [0.2, 0.25) is 0 Å². The minimum Gasteiger partial charge on any atom is -0.487 e. The maximum atomic E-state index is 12.1. The molecule has 8 heteroatoms. The number of nitrogens with zero attached hydrogens (tertiary/aromatic N) is 2. The zero-order valence-electron chi connectivity index (χ0n) is 16.3. The van der Waals surface area contributed by atoms with Crippen LogP contribution in [0.25, 0.3) is 0 Å². The molecule has 0 bridgehead atoms. The van der Waals surface area contributed by atoms with Gasteiger partial charge in [0.05, 0.1) is 22.3 Å². The number of carbonyl (C=O) groups excluding carboxylic acids is 2. The van der Waals surface area contributed by atoms with Gasteiger partial charge in [-0.3, -0.25) is 4.79 Å². The summed E-state index contributed by atoms with van der Waals surface area (Å²) in [7, 11) is 0. The van der Waals surface area contributed by atoms with Crippen molar-refractivity contribution in [1.29, 1.82) is 5.26 Å². The summed E-state index contributed by atoms with van der Waals surface area (Å²) in [5.41, 5.74) is 0.137. The number of amides is 1. The van der Waals surface area contributed by atoms with E-state index in [1.54, 1.807) is 42.5 Å². The molecule has 0 fully saturated rings. The Morgan fingerprint density at radius 1 is 1.32 bits per heavy atom. The molecule has 0 saturated carbocycles. The van der Waals surface area contributed by atoms with Crippen molar-refractivity contribution in [2.45, 2.75) is 39.8 Å². The van der Waals surface area contributed by atoms with E-state index in [2.05, 4.69) is 16.4 Å². The molecule has 1 N–H and O–H groups in total. The molecule has 1 aromatic carbocycles. The van der Waals surface area contributed by atoms with Crippen molar-refractivity contribution in [2.24, 2.45) is 5.92 Å². The van der Waals surface area contributed by atoms with E-state index < -0.39 is 24.0 Å². The minimum atomic E-state index is -1.02. The van der Waals surface area contributed by atoms with Crippen LogP contribution in [0.15, 0.2) is 29.6 Å². The van der Waals surface area contributed by atoms with Gasteiger partial charge in [0, 0.05) is 5.38 Å². The Bertz CT molecular complexity index is 870. The van der Waals surface area contributed by atoms with E-state index in [0.29, 0.717) is 17.9 Å². The van der Waals surface area contributed by atoms with Crippen LogP contribution >= 0.6 is 11.3 Å². The summed E-state index contributed by atoms with van der Waals surface area (Å²) < 4.78 is 10.6. The fourth-order valence-electron chi connectivity index (χ4n) is 2.16. The van der Waals surface area contributed by atoms with Crippen LogP contribution in [0.3, 0.4) is 0 Å². The fourth-order valence-corrected chi connectivity index (χ4v) is 2.76. The highest BCUT2D eigenvalue weighted by molar-refractivity contribution is 7.09. The predicted molar refractivity (Wildman–Crippen MR) is 105 cm³/mol. The second-order valence-corrected chi connectivity index (χ2v) is 7.83. The SMILES string of the molecule is Cc1nc(COc2ccc(C(=O)OCC(=O)N[C@@](C)(C#N)C(C)C)cc2)cs1. The van der Waals surface area contributed by atoms with Crippen LogP contribution in [0.5, 0.6) is 5.75 Å². The van der Waals surface area contributed by atoms with Crippen molar-refractivity contribution < 1.29 is 19.1 Å². The lowest BCUT2D eigenvalue weighted by Gasteiger charge is -2.27. The molecule has 0 aliphatic carbocycles. The average Bonchev–Trinajstić information content (AvgIpc) is 3.09. The van der Waals surface area contributed by atoms with Gasteiger partial charge in [-0.2, -0.15) is 5.26 Å². The first-order valence-electron chi connectivity index (χ1n) is 8.77. The Morgan fingerprint density at radius 2 is 2.00 bits per heavy atom. The highest BCUT2D eigenvalue weighted by Gasteiger charge is 2.30. The number of hydrogen-bond donors (Lipinski definition) is 1. The third kappa shape index (κ3) is 5.79. The van der Waals surface area contributed by atoms with Gasteiger partial charge < -0.3 is 14.8 Å². The number of carbonyl (C=O) groups is 2. The summed E-state index contributed by atoms with van der Waals surface area (Å²) >= 11 is 1.56. The molecule has 0 radical (unpaired) electrons. The molecule has 1 aromatic heterocycles. The number of nitrogens with one attached hydrogen (secondary N) is 1. The highest BCUT2D eigenvalue weighted by Crippen LogP contribution is 2.17. The number of nitriles is 1. The first-order chi connectivity index (χ1) is 13.2. The minimum absolute atomic E-state index is 0.0853. The Hall–Kier alpha value is -2.92. The van der Waals surface area contributed by atoms with Crippen molar-refractivity contribution in [2.75, 3.05) is 6.61 Å². The smallest absolute Gasteiger partial charge is 0.338 e. The highest BCUT2D eigenvalue weighted by atomic mass is 32.1. The maximum Gasteiger partial charge on any atom is 0.338 e. The van der Waals surface area contributed by atoms with E-state index in [9.17, 15) is 14.9 Å². The van der Waals surface area contributed by atoms with Crippen molar-refractivity contribution >= 4 is 23.2 Å². The molecule has 0 spiro atoms. The molecule has 2 aromatic rings. The zero-order valence-corrected chi connectivity index (χ0v) is 17.1. The van der Waals surface area contributed by atoms with Crippen LogP contribution in [0.4, 0.5) is 0 Å². The van der Waals surface area contributed by atoms with Crippen molar-refractivity contribution in [3.05, 3.63) is 45.9 Å². The monoisotopic (exact) mass is 401 g/mol. The van der Waals surface area contributed by atoms with E-state index >= 15 is 0 Å². The molecule has 0 saturated heterocycles. The number of esters is 1. The number of ether oxygens (including phenoxy) is 2. The molecule has 1 heterocycles. The number of thiazole rings is 1. The lowest BCUT2D eigenvalue weighted by atomic mass is 9.90. The number of aromatic nitrogens is 1. The molecular formula is C20H23N3O4S. The molecule has 2 rings (SSSR count). The first-order valence-corrected chi connectivity index (χ1v) is 9.64. The van der Waals surface area contributed by atoms with Gasteiger partial charge in [-0.1, -0.05) is 13.8 Å². The standard InChI is InChI=1S/C20H23N3O4S/c1-13(2)20(4,12-21)23-18(24)10-27-19(25)15-5-7-17(8-6-15)26-9-16-11-28-14(3)22-16/h5-8,11,13H,9-10H2,1-4H3,(H,23,24)/t20-/m0/s1. The van der Waals surface area contributed by atoms with E-state index in [1.165, 1.54) is 0 Å². The Kier molecular flexibility index (Phi) is 7.12. The summed E-state index contributed by atoms with van der Waals surface area (Å²) in [4.78, 5) is 28.4. The number of benzene rings is 1. The molecule has 0 aliphatic rings. The molecule has 0 aliphatic heterocycles. The van der Waals surface area contributed by atoms with Crippen molar-refractivity contribution in [3.63, 3.8) is 0 Å². The average molecular weight is 401 g/mol. The van der Waals surface area contributed by atoms with Gasteiger partial charge >= 0.3 is 5.97 Å². The summed E-state index contributed by atoms with van der Waals surface area (Å²) in [5, 5.41) is 14.7. The Morgan fingerprint density at radius 3 is 2.54 bits per heavy atom. The van der Waals surface area contributed by atoms with Gasteiger partial charge in [0.1, 0.15) is 17.9 Å². The van der Waals surface area contributed by atoms with Crippen LogP contribution in [0.1, 0.15) is 41.8 Å². The number of aryl methyl sites for hydroxylation is 1. The molecule has 148 valence electrons. The Labute approximate surface area is 168 Å². The lowest BCUT2D eigenvalue weighted by Crippen LogP contribution is -2.50. The Balaban J connectivity index is 1.84. The quantitative estimate of drug-likeness (QED) is 0.682. The summed E-state index contributed by atoms with van der Waals surface area (Å²) in [6, 6.07) is 8.51. The largest absolute Gasteiger partial charge is 0.487 e. The topological polar surface area (TPSA) is 101 Å². The summed E-state index contributed by atoms with van der Waals surface area (Å²) in [5.74, 6) is -0.635. The third-order valence-electron chi connectivity index (χ3n) is 4.26. The van der Waals surface area contributed by atoms with Crippen molar-refractivity contribution in [3.8, 4) is 11.8 Å². The number of hydrogen-bond acceptors (Lipinski definition) is 7. The predicted octanol–water partition coefficient (Wildman–Crippen LogP) is 3.24. The molecule has 28 heavy (non-hydrogen) atoms. The van der Waals surface area contributed by atoms with Crippen LogP contribution in [0, 0.1) is 24.2 Å². The first kappa shape index (κ1) is 21.4. The second kappa shape index (κ2) is 9.33. The van der Waals surface area contributed by atoms with Gasteiger partial charge in [0.15, 0.2) is 6.61 Å². The second-order valence-electron chi connectivity index (χ2n) is 6.76. The molecular weight excluding hydrogens is 378 g/mol. The summed E-state index contributed by atoms with van der Waals surface area (Å²) in [6.07, 6.45) is 0. The molecule has 0 unspecified atom stereocenters. The van der Waals surface area contributed by atoms with Gasteiger partial charge in [-0.05, 0) is 44.0 Å². The number of rotatable bonds is 8. The van der Waals surface area contributed by atoms with Crippen molar-refractivity contribution in [1.82, 2.24) is 10.3 Å².